The molecule has 2 rings (SSSR count). The predicted molar refractivity (Wildman–Crippen MR) is 86.5 cm³/mol. The first-order valence-electron chi connectivity index (χ1n) is 6.98. The SMILES string of the molecule is C[C@@H](N)C(=O)N1CCN(C(=O)c2ccc([N+](=O)[O-])cc2)CC1.Cl. The van der Waals surface area contributed by atoms with Gasteiger partial charge in [-0.15, -0.1) is 12.4 Å². The van der Waals surface area contributed by atoms with Crippen LogP contribution in [-0.4, -0.2) is 58.8 Å². The lowest BCUT2D eigenvalue weighted by atomic mass is 10.1. The summed E-state index contributed by atoms with van der Waals surface area (Å²) < 4.78 is 0. The van der Waals surface area contributed by atoms with Crippen LogP contribution in [-0.2, 0) is 4.79 Å². The van der Waals surface area contributed by atoms with Crippen molar-refractivity contribution in [3.63, 3.8) is 0 Å². The van der Waals surface area contributed by atoms with Gasteiger partial charge in [-0.25, -0.2) is 0 Å². The Kier molecular flexibility index (Phi) is 6.47. The van der Waals surface area contributed by atoms with Gasteiger partial charge in [0.15, 0.2) is 0 Å². The molecule has 1 aliphatic rings. The van der Waals surface area contributed by atoms with Gasteiger partial charge in [0.2, 0.25) is 5.91 Å². The summed E-state index contributed by atoms with van der Waals surface area (Å²) in [6, 6.07) is 4.96. The Morgan fingerprint density at radius 2 is 1.61 bits per heavy atom. The summed E-state index contributed by atoms with van der Waals surface area (Å²) in [5.74, 6) is -0.315. The highest BCUT2D eigenvalue weighted by Gasteiger charge is 2.26. The molecule has 9 heteroatoms. The van der Waals surface area contributed by atoms with Gasteiger partial charge >= 0.3 is 0 Å². The molecular weight excluding hydrogens is 324 g/mol. The number of piperazine rings is 1. The molecule has 1 aliphatic heterocycles. The molecule has 1 saturated heterocycles. The van der Waals surface area contributed by atoms with Crippen LogP contribution in [0.25, 0.3) is 0 Å². The fourth-order valence-corrected chi connectivity index (χ4v) is 2.33. The minimum Gasteiger partial charge on any atom is -0.338 e. The summed E-state index contributed by atoms with van der Waals surface area (Å²) in [4.78, 5) is 37.5. The zero-order chi connectivity index (χ0) is 16.3. The molecule has 0 unspecified atom stereocenters. The minimum atomic E-state index is -0.545. The van der Waals surface area contributed by atoms with Crippen LogP contribution in [0.2, 0.25) is 0 Å². The van der Waals surface area contributed by atoms with Crippen molar-refractivity contribution in [2.45, 2.75) is 13.0 Å². The van der Waals surface area contributed by atoms with Crippen LogP contribution >= 0.6 is 12.4 Å². The van der Waals surface area contributed by atoms with Crippen molar-refractivity contribution >= 4 is 29.9 Å². The molecule has 0 spiro atoms. The number of carbonyl (C=O) groups is 2. The number of nitrogens with zero attached hydrogens (tertiary/aromatic N) is 3. The number of non-ortho nitro benzene ring substituents is 1. The third kappa shape index (κ3) is 4.40. The third-order valence-electron chi connectivity index (χ3n) is 3.59. The highest BCUT2D eigenvalue weighted by molar-refractivity contribution is 5.94. The van der Waals surface area contributed by atoms with E-state index in [2.05, 4.69) is 0 Å². The van der Waals surface area contributed by atoms with Gasteiger partial charge < -0.3 is 15.5 Å². The van der Waals surface area contributed by atoms with Gasteiger partial charge in [-0.1, -0.05) is 0 Å². The van der Waals surface area contributed by atoms with Crippen LogP contribution in [0.3, 0.4) is 0 Å². The van der Waals surface area contributed by atoms with Crippen molar-refractivity contribution in [1.29, 1.82) is 0 Å². The lowest BCUT2D eigenvalue weighted by Crippen LogP contribution is -2.53. The Morgan fingerprint density at radius 1 is 1.13 bits per heavy atom. The molecule has 0 aliphatic carbocycles. The van der Waals surface area contributed by atoms with Crippen LogP contribution in [0.4, 0.5) is 5.69 Å². The first-order chi connectivity index (χ1) is 10.4. The number of halogens is 1. The Balaban J connectivity index is 0.00000264. The number of nitrogens with two attached hydrogens (primary N) is 1. The molecule has 2 N–H and O–H groups in total. The van der Waals surface area contributed by atoms with Crippen molar-refractivity contribution < 1.29 is 14.5 Å². The largest absolute Gasteiger partial charge is 0.338 e. The van der Waals surface area contributed by atoms with Crippen molar-refractivity contribution in [1.82, 2.24) is 9.80 Å². The molecule has 0 bridgehead atoms. The highest BCUT2D eigenvalue weighted by Crippen LogP contribution is 2.14. The Bertz CT molecular complexity index is 583. The number of rotatable bonds is 3. The van der Waals surface area contributed by atoms with Gasteiger partial charge in [0.25, 0.3) is 11.6 Å². The summed E-state index contributed by atoms with van der Waals surface area (Å²) in [5, 5.41) is 10.6. The fourth-order valence-electron chi connectivity index (χ4n) is 2.33. The maximum atomic E-state index is 12.3. The smallest absolute Gasteiger partial charge is 0.269 e. The highest BCUT2D eigenvalue weighted by atomic mass is 35.5. The van der Waals surface area contributed by atoms with Crippen LogP contribution in [0.15, 0.2) is 24.3 Å². The lowest BCUT2D eigenvalue weighted by Gasteiger charge is -2.35. The molecule has 126 valence electrons. The summed E-state index contributed by atoms with van der Waals surface area (Å²) in [7, 11) is 0. The number of carbonyl (C=O) groups excluding carboxylic acids is 2. The van der Waals surface area contributed by atoms with Gasteiger partial charge in [-0.3, -0.25) is 19.7 Å². The summed E-state index contributed by atoms with van der Waals surface area (Å²) in [6.07, 6.45) is 0. The lowest BCUT2D eigenvalue weighted by molar-refractivity contribution is -0.384. The molecular formula is C14H19ClN4O4. The Morgan fingerprint density at radius 3 is 2.04 bits per heavy atom. The van der Waals surface area contributed by atoms with Crippen molar-refractivity contribution in [2.75, 3.05) is 26.2 Å². The molecule has 1 atom stereocenters. The van der Waals surface area contributed by atoms with E-state index in [1.807, 2.05) is 0 Å². The second kappa shape index (κ2) is 7.89. The molecule has 0 aromatic heterocycles. The van der Waals surface area contributed by atoms with Gasteiger partial charge in [0.1, 0.15) is 0 Å². The average Bonchev–Trinajstić information content (AvgIpc) is 2.53. The van der Waals surface area contributed by atoms with Gasteiger partial charge in [-0.05, 0) is 19.1 Å². The Labute approximate surface area is 139 Å². The van der Waals surface area contributed by atoms with E-state index in [9.17, 15) is 19.7 Å². The maximum Gasteiger partial charge on any atom is 0.269 e. The standard InChI is InChI=1S/C14H18N4O4.ClH/c1-10(15)13(19)16-6-8-17(9-7-16)14(20)11-2-4-12(5-3-11)18(21)22;/h2-5,10H,6-9,15H2,1H3;1H/t10-;/m1./s1. The molecule has 1 aromatic rings. The zero-order valence-electron chi connectivity index (χ0n) is 12.7. The van der Waals surface area contributed by atoms with Crippen molar-refractivity contribution in [3.05, 3.63) is 39.9 Å². The molecule has 0 saturated carbocycles. The van der Waals surface area contributed by atoms with E-state index >= 15 is 0 Å². The van der Waals surface area contributed by atoms with Crippen LogP contribution in [0, 0.1) is 10.1 Å². The van der Waals surface area contributed by atoms with E-state index in [0.717, 1.165) is 0 Å². The average molecular weight is 343 g/mol. The molecule has 1 fully saturated rings. The maximum absolute atomic E-state index is 12.3. The van der Waals surface area contributed by atoms with Crippen LogP contribution < -0.4 is 5.73 Å². The molecule has 0 radical (unpaired) electrons. The molecule has 23 heavy (non-hydrogen) atoms. The first kappa shape index (κ1) is 18.9. The first-order valence-corrected chi connectivity index (χ1v) is 6.98. The summed E-state index contributed by atoms with van der Waals surface area (Å²) in [5.41, 5.74) is 5.91. The molecule has 1 aromatic carbocycles. The van der Waals surface area contributed by atoms with Crippen LogP contribution in [0.5, 0.6) is 0 Å². The van der Waals surface area contributed by atoms with E-state index < -0.39 is 11.0 Å². The van der Waals surface area contributed by atoms with Crippen LogP contribution in [0.1, 0.15) is 17.3 Å². The van der Waals surface area contributed by atoms with Gasteiger partial charge in [0.05, 0.1) is 11.0 Å². The molecule has 1 heterocycles. The number of nitro benzene ring substituents is 1. The minimum absolute atomic E-state index is 0. The topological polar surface area (TPSA) is 110 Å². The van der Waals surface area contributed by atoms with Crippen molar-refractivity contribution in [3.8, 4) is 0 Å². The predicted octanol–water partition coefficient (Wildman–Crippen LogP) is 0.648. The normalized spacial score (nSPS) is 15.6. The Hall–Kier alpha value is -2.19. The molecule has 8 nitrogen and oxygen atoms in total. The van der Waals surface area contributed by atoms with Gasteiger partial charge in [-0.2, -0.15) is 0 Å². The summed E-state index contributed by atoms with van der Waals surface area (Å²) >= 11 is 0. The molecule has 2 amide bonds. The van der Waals surface area contributed by atoms with E-state index in [-0.39, 0.29) is 29.9 Å². The second-order valence-corrected chi connectivity index (χ2v) is 5.21. The number of nitro groups is 1. The summed E-state index contributed by atoms with van der Waals surface area (Å²) in [6.45, 7) is 3.37. The van der Waals surface area contributed by atoms with Gasteiger partial charge in [0, 0.05) is 43.9 Å². The third-order valence-corrected chi connectivity index (χ3v) is 3.59. The second-order valence-electron chi connectivity index (χ2n) is 5.21. The van der Waals surface area contributed by atoms with E-state index in [4.69, 9.17) is 5.73 Å². The quantitative estimate of drug-likeness (QED) is 0.640. The van der Waals surface area contributed by atoms with E-state index in [1.54, 1.807) is 16.7 Å². The van der Waals surface area contributed by atoms with E-state index in [0.29, 0.717) is 31.7 Å². The van der Waals surface area contributed by atoms with E-state index in [1.165, 1.54) is 24.3 Å². The monoisotopic (exact) mass is 342 g/mol. The number of hydrogen-bond donors (Lipinski definition) is 1. The number of amides is 2. The zero-order valence-corrected chi connectivity index (χ0v) is 13.5. The number of benzene rings is 1. The number of hydrogen-bond acceptors (Lipinski definition) is 5. The van der Waals surface area contributed by atoms with Crippen molar-refractivity contribution in [2.24, 2.45) is 5.73 Å². The fraction of sp³-hybridized carbons (Fsp3) is 0.429.